The van der Waals surface area contributed by atoms with Gasteiger partial charge in [-0.05, 0) is 41.7 Å². The van der Waals surface area contributed by atoms with Gasteiger partial charge in [0.05, 0.1) is 6.61 Å². The van der Waals surface area contributed by atoms with Crippen LogP contribution in [-0.4, -0.2) is 86.7 Å². The highest BCUT2D eigenvalue weighted by Gasteiger charge is 2.31. The summed E-state index contributed by atoms with van der Waals surface area (Å²) in [5.41, 5.74) is 8.79. The van der Waals surface area contributed by atoms with Gasteiger partial charge in [0.25, 0.3) is 0 Å². The Morgan fingerprint density at radius 3 is 1.81 bits per heavy atom. The van der Waals surface area contributed by atoms with Crippen LogP contribution in [0.5, 0.6) is 0 Å². The number of carbonyl (C=O) groups excluding carboxylic acids is 3. The Hall–Kier alpha value is -4.33. The maximum absolute atomic E-state index is 13.7. The van der Waals surface area contributed by atoms with Crippen molar-refractivity contribution in [2.75, 3.05) is 18.6 Å². The number of carboxylic acids is 1. The average molecular weight is 609 g/mol. The zero-order chi connectivity index (χ0) is 30.9. The number of para-hydroxylation sites is 2. The predicted octanol–water partition coefficient (Wildman–Crippen LogP) is 1.05. The molecule has 2 aromatic heterocycles. The lowest BCUT2D eigenvalue weighted by Crippen LogP contribution is -2.58. The molecule has 3 amide bonds. The highest BCUT2D eigenvalue weighted by molar-refractivity contribution is 7.98. The molecule has 4 unspecified atom stereocenters. The molecule has 13 heteroatoms. The number of benzene rings is 2. The van der Waals surface area contributed by atoms with Gasteiger partial charge in [-0.25, -0.2) is 4.79 Å². The van der Waals surface area contributed by atoms with Gasteiger partial charge in [-0.1, -0.05) is 36.4 Å². The van der Waals surface area contributed by atoms with Gasteiger partial charge in [-0.15, -0.1) is 0 Å². The monoisotopic (exact) mass is 608 g/mol. The van der Waals surface area contributed by atoms with Gasteiger partial charge < -0.3 is 41.9 Å². The van der Waals surface area contributed by atoms with E-state index in [2.05, 4.69) is 25.9 Å². The molecule has 0 radical (unpaired) electrons. The zero-order valence-corrected chi connectivity index (χ0v) is 24.4. The van der Waals surface area contributed by atoms with Crippen LogP contribution >= 0.6 is 11.8 Å². The normalized spacial score (nSPS) is 14.1. The summed E-state index contributed by atoms with van der Waals surface area (Å²) in [5.74, 6) is -2.72. The number of fused-ring (bicyclic) bond motifs is 2. The lowest BCUT2D eigenvalue weighted by molar-refractivity contribution is -0.142. The van der Waals surface area contributed by atoms with Crippen LogP contribution in [-0.2, 0) is 32.0 Å². The number of aromatic amines is 2. The molecule has 0 saturated heterocycles. The second-order valence-corrected chi connectivity index (χ2v) is 11.2. The summed E-state index contributed by atoms with van der Waals surface area (Å²) in [5, 5.41) is 28.9. The Labute approximate surface area is 252 Å². The largest absolute Gasteiger partial charge is 0.480 e. The first-order valence-electron chi connectivity index (χ1n) is 13.8. The number of aliphatic hydroxyl groups excluding tert-OH is 1. The Bertz CT molecular complexity index is 1590. The van der Waals surface area contributed by atoms with E-state index in [1.54, 1.807) is 12.4 Å². The van der Waals surface area contributed by atoms with E-state index in [1.807, 2.05) is 54.8 Å². The highest BCUT2D eigenvalue weighted by atomic mass is 32.2. The number of thioether (sulfide) groups is 1. The summed E-state index contributed by atoms with van der Waals surface area (Å²) in [6.07, 6.45) is 5.63. The van der Waals surface area contributed by atoms with Crippen molar-refractivity contribution >= 4 is 57.3 Å². The fourth-order valence-electron chi connectivity index (χ4n) is 4.86. The lowest BCUT2D eigenvalue weighted by Gasteiger charge is -2.25. The number of carboxylic acid groups (broad SMARTS) is 1. The van der Waals surface area contributed by atoms with E-state index < -0.39 is 54.5 Å². The Kier molecular flexibility index (Phi) is 10.8. The molecular formula is C30H36N6O6S. The number of hydrogen-bond acceptors (Lipinski definition) is 7. The second kappa shape index (κ2) is 14.7. The van der Waals surface area contributed by atoms with Gasteiger partial charge in [0, 0.05) is 47.0 Å². The van der Waals surface area contributed by atoms with Crippen LogP contribution in [0.4, 0.5) is 0 Å². The van der Waals surface area contributed by atoms with E-state index in [1.165, 1.54) is 11.8 Å². The average Bonchev–Trinajstić information content (AvgIpc) is 3.61. The van der Waals surface area contributed by atoms with E-state index >= 15 is 0 Å². The summed E-state index contributed by atoms with van der Waals surface area (Å²) in [7, 11) is 0. The molecular weight excluding hydrogens is 572 g/mol. The molecule has 228 valence electrons. The van der Waals surface area contributed by atoms with Crippen molar-refractivity contribution in [2.45, 2.75) is 43.4 Å². The van der Waals surface area contributed by atoms with Crippen molar-refractivity contribution in [3.05, 3.63) is 72.1 Å². The van der Waals surface area contributed by atoms with Gasteiger partial charge in [-0.2, -0.15) is 11.8 Å². The number of nitrogens with one attached hydrogen (secondary N) is 5. The molecule has 4 atom stereocenters. The number of nitrogens with two attached hydrogens (primary N) is 1. The van der Waals surface area contributed by atoms with Gasteiger partial charge in [-0.3, -0.25) is 14.4 Å². The Morgan fingerprint density at radius 1 is 0.791 bits per heavy atom. The first kappa shape index (κ1) is 31.6. The van der Waals surface area contributed by atoms with Gasteiger partial charge in [0.1, 0.15) is 24.2 Å². The topological polar surface area (TPSA) is 202 Å². The van der Waals surface area contributed by atoms with Crippen LogP contribution in [0, 0.1) is 0 Å². The molecule has 4 aromatic rings. The molecule has 0 spiro atoms. The molecule has 9 N–H and O–H groups in total. The molecule has 12 nitrogen and oxygen atoms in total. The van der Waals surface area contributed by atoms with Crippen LogP contribution in [0.15, 0.2) is 60.9 Å². The van der Waals surface area contributed by atoms with E-state index in [9.17, 15) is 29.4 Å². The SMILES string of the molecule is CSCCC(NC(=O)C(N)CO)C(=O)NC(Cc1c[nH]c2ccccc12)C(=O)NC(Cc1c[nH]c2ccccc12)C(=O)O. The van der Waals surface area contributed by atoms with E-state index in [0.717, 1.165) is 32.9 Å². The number of rotatable bonds is 15. The zero-order valence-electron chi connectivity index (χ0n) is 23.6. The summed E-state index contributed by atoms with van der Waals surface area (Å²) in [4.78, 5) is 58.1. The molecule has 0 saturated carbocycles. The molecule has 0 bridgehead atoms. The number of hydrogen-bond donors (Lipinski definition) is 8. The van der Waals surface area contributed by atoms with Crippen molar-refractivity contribution in [1.82, 2.24) is 25.9 Å². The maximum atomic E-state index is 13.7. The van der Waals surface area contributed by atoms with E-state index in [4.69, 9.17) is 5.73 Å². The van der Waals surface area contributed by atoms with Crippen LogP contribution in [0.25, 0.3) is 21.8 Å². The predicted molar refractivity (Wildman–Crippen MR) is 165 cm³/mol. The molecule has 43 heavy (non-hydrogen) atoms. The Morgan fingerprint density at radius 2 is 1.28 bits per heavy atom. The van der Waals surface area contributed by atoms with Gasteiger partial charge in [0.15, 0.2) is 0 Å². The van der Waals surface area contributed by atoms with Gasteiger partial charge >= 0.3 is 5.97 Å². The fourth-order valence-corrected chi connectivity index (χ4v) is 5.33. The fraction of sp³-hybridized carbons (Fsp3) is 0.333. The molecule has 2 heterocycles. The van der Waals surface area contributed by atoms with Crippen molar-refractivity contribution in [2.24, 2.45) is 5.73 Å². The minimum atomic E-state index is -1.27. The number of aliphatic carboxylic acids is 1. The molecule has 0 aliphatic rings. The number of aliphatic hydroxyl groups is 1. The molecule has 4 rings (SSSR count). The number of H-pyrrole nitrogens is 2. The van der Waals surface area contributed by atoms with Crippen molar-refractivity contribution in [1.29, 1.82) is 0 Å². The first-order chi connectivity index (χ1) is 20.7. The summed E-state index contributed by atoms with van der Waals surface area (Å²) >= 11 is 1.47. The molecule has 2 aromatic carbocycles. The summed E-state index contributed by atoms with van der Waals surface area (Å²) in [6.45, 7) is -0.596. The minimum Gasteiger partial charge on any atom is -0.480 e. The van der Waals surface area contributed by atoms with Crippen LogP contribution in [0.3, 0.4) is 0 Å². The standard InChI is InChI=1S/C30H36N6O6S/c1-43-11-10-24(34-27(38)21(31)16-37)28(39)35-25(12-17-14-32-22-8-4-2-6-19(17)22)29(40)36-26(30(41)42)13-18-15-33-23-9-5-3-7-20(18)23/h2-9,14-15,21,24-26,32-33,37H,10-13,16,31H2,1H3,(H,34,38)(H,35,39)(H,36,40)(H,41,42). The summed E-state index contributed by atoms with van der Waals surface area (Å²) < 4.78 is 0. The van der Waals surface area contributed by atoms with Crippen LogP contribution in [0.2, 0.25) is 0 Å². The Balaban J connectivity index is 1.58. The van der Waals surface area contributed by atoms with Crippen molar-refractivity contribution in [3.8, 4) is 0 Å². The third-order valence-corrected chi connectivity index (χ3v) is 7.87. The quantitative estimate of drug-likeness (QED) is 0.0978. The maximum Gasteiger partial charge on any atom is 0.326 e. The number of aromatic nitrogens is 2. The third kappa shape index (κ3) is 7.95. The van der Waals surface area contributed by atoms with E-state index in [0.29, 0.717) is 5.75 Å². The molecule has 0 fully saturated rings. The third-order valence-electron chi connectivity index (χ3n) is 7.22. The van der Waals surface area contributed by atoms with Gasteiger partial charge in [0.2, 0.25) is 17.7 Å². The number of amides is 3. The molecule has 0 aliphatic heterocycles. The van der Waals surface area contributed by atoms with Crippen LogP contribution < -0.4 is 21.7 Å². The number of carbonyl (C=O) groups is 4. The lowest BCUT2D eigenvalue weighted by atomic mass is 10.0. The minimum absolute atomic E-state index is 0.0181. The first-order valence-corrected chi connectivity index (χ1v) is 15.2. The molecule has 0 aliphatic carbocycles. The second-order valence-electron chi connectivity index (χ2n) is 10.2. The smallest absolute Gasteiger partial charge is 0.326 e. The van der Waals surface area contributed by atoms with E-state index in [-0.39, 0.29) is 19.3 Å². The summed E-state index contributed by atoms with van der Waals surface area (Å²) in [6, 6.07) is 10.3. The van der Waals surface area contributed by atoms with Crippen molar-refractivity contribution in [3.63, 3.8) is 0 Å². The highest BCUT2D eigenvalue weighted by Crippen LogP contribution is 2.21. The van der Waals surface area contributed by atoms with Crippen LogP contribution in [0.1, 0.15) is 17.5 Å². The van der Waals surface area contributed by atoms with Crippen molar-refractivity contribution < 1.29 is 29.4 Å².